The van der Waals surface area contributed by atoms with Crippen molar-refractivity contribution >= 4 is 0 Å². The molecule has 5 atom stereocenters. The van der Waals surface area contributed by atoms with Crippen LogP contribution in [0.15, 0.2) is 24.3 Å². The Morgan fingerprint density at radius 1 is 1.05 bits per heavy atom. The Labute approximate surface area is 117 Å². The van der Waals surface area contributed by atoms with Gasteiger partial charge in [0.1, 0.15) is 24.4 Å². The van der Waals surface area contributed by atoms with Crippen molar-refractivity contribution in [3.8, 4) is 0 Å². The first-order valence-corrected chi connectivity index (χ1v) is 6.50. The fourth-order valence-corrected chi connectivity index (χ4v) is 2.07. The van der Waals surface area contributed by atoms with Crippen LogP contribution in [0.2, 0.25) is 0 Å². The smallest absolute Gasteiger partial charge is 0.187 e. The Hall–Kier alpha value is -1.02. The van der Waals surface area contributed by atoms with Crippen LogP contribution in [0.4, 0.5) is 0 Å². The topological polar surface area (TPSA) is 99.4 Å². The van der Waals surface area contributed by atoms with Gasteiger partial charge in [-0.3, -0.25) is 0 Å². The van der Waals surface area contributed by atoms with Gasteiger partial charge in [-0.15, -0.1) is 0 Å². The van der Waals surface area contributed by atoms with E-state index in [1.165, 1.54) is 0 Å². The lowest BCUT2D eigenvalue weighted by molar-refractivity contribution is -0.304. The van der Waals surface area contributed by atoms with Crippen LogP contribution in [0, 0.1) is 6.92 Å². The Morgan fingerprint density at radius 2 is 1.70 bits per heavy atom. The molecule has 0 bridgehead atoms. The lowest BCUT2D eigenvalue weighted by Crippen LogP contribution is -2.59. The highest BCUT2D eigenvalue weighted by Crippen LogP contribution is 2.22. The molecule has 4 N–H and O–H groups in total. The molecule has 0 saturated carbocycles. The molecule has 6 nitrogen and oxygen atoms in total. The van der Waals surface area contributed by atoms with Crippen LogP contribution in [0.1, 0.15) is 11.1 Å². The molecule has 20 heavy (non-hydrogen) atoms. The molecule has 1 aliphatic heterocycles. The number of ether oxygens (including phenoxy) is 2. The zero-order valence-corrected chi connectivity index (χ0v) is 11.2. The molecular formula is C14H20O6. The normalized spacial score (nSPS) is 34.1. The standard InChI is InChI=1S/C14H20O6/c1-8-2-4-9(5-3-8)7-19-14-13(18)12(17)11(16)10(6-15)20-14/h2-5,10-18H,6-7H2,1H3. The van der Waals surface area contributed by atoms with E-state index < -0.39 is 37.3 Å². The van der Waals surface area contributed by atoms with E-state index in [0.717, 1.165) is 11.1 Å². The number of aliphatic hydroxyl groups excluding tert-OH is 4. The van der Waals surface area contributed by atoms with Gasteiger partial charge in [-0.1, -0.05) is 29.8 Å². The molecule has 1 aromatic carbocycles. The van der Waals surface area contributed by atoms with Gasteiger partial charge in [0, 0.05) is 0 Å². The van der Waals surface area contributed by atoms with Gasteiger partial charge >= 0.3 is 0 Å². The molecular weight excluding hydrogens is 264 g/mol. The van der Waals surface area contributed by atoms with Gasteiger partial charge in [-0.25, -0.2) is 0 Å². The second-order valence-electron chi connectivity index (χ2n) is 4.99. The molecule has 1 heterocycles. The number of hydrogen-bond acceptors (Lipinski definition) is 6. The highest BCUT2D eigenvalue weighted by Gasteiger charge is 2.43. The molecule has 1 aliphatic rings. The summed E-state index contributed by atoms with van der Waals surface area (Å²) in [5, 5.41) is 38.1. The first-order chi connectivity index (χ1) is 9.52. The predicted octanol–water partition coefficient (Wildman–Crippen LogP) is -0.688. The van der Waals surface area contributed by atoms with Crippen molar-refractivity contribution < 1.29 is 29.9 Å². The zero-order valence-electron chi connectivity index (χ0n) is 11.2. The lowest BCUT2D eigenvalue weighted by Gasteiger charge is -2.39. The molecule has 2 rings (SSSR count). The third-order valence-electron chi connectivity index (χ3n) is 3.38. The summed E-state index contributed by atoms with van der Waals surface area (Å²) in [7, 11) is 0. The first kappa shape index (κ1) is 15.4. The molecule has 0 aromatic heterocycles. The molecule has 1 fully saturated rings. The van der Waals surface area contributed by atoms with Crippen LogP contribution in [0.25, 0.3) is 0 Å². The fourth-order valence-electron chi connectivity index (χ4n) is 2.07. The van der Waals surface area contributed by atoms with Gasteiger partial charge in [0.05, 0.1) is 13.2 Å². The van der Waals surface area contributed by atoms with Crippen molar-refractivity contribution in [3.05, 3.63) is 35.4 Å². The number of aliphatic hydroxyl groups is 4. The van der Waals surface area contributed by atoms with E-state index in [1.54, 1.807) is 0 Å². The van der Waals surface area contributed by atoms with Gasteiger partial charge in [0.2, 0.25) is 0 Å². The third kappa shape index (κ3) is 3.35. The summed E-state index contributed by atoms with van der Waals surface area (Å²) in [6, 6.07) is 7.65. The van der Waals surface area contributed by atoms with E-state index in [0.29, 0.717) is 0 Å². The maximum absolute atomic E-state index is 9.80. The van der Waals surface area contributed by atoms with Crippen LogP contribution in [0.5, 0.6) is 0 Å². The fraction of sp³-hybridized carbons (Fsp3) is 0.571. The van der Waals surface area contributed by atoms with Gasteiger partial charge < -0.3 is 29.9 Å². The number of rotatable bonds is 4. The summed E-state index contributed by atoms with van der Waals surface area (Å²) < 4.78 is 10.7. The SMILES string of the molecule is Cc1ccc(COC2OC(CO)C(O)C(O)C2O)cc1. The molecule has 0 spiro atoms. The van der Waals surface area contributed by atoms with Crippen LogP contribution in [0.3, 0.4) is 0 Å². The average molecular weight is 284 g/mol. The zero-order chi connectivity index (χ0) is 14.7. The number of benzene rings is 1. The minimum atomic E-state index is -1.41. The van der Waals surface area contributed by atoms with Crippen LogP contribution >= 0.6 is 0 Å². The molecule has 0 amide bonds. The van der Waals surface area contributed by atoms with Crippen LogP contribution < -0.4 is 0 Å². The maximum atomic E-state index is 9.80. The minimum Gasteiger partial charge on any atom is -0.394 e. The van der Waals surface area contributed by atoms with E-state index in [1.807, 2.05) is 31.2 Å². The second-order valence-corrected chi connectivity index (χ2v) is 4.99. The van der Waals surface area contributed by atoms with E-state index in [-0.39, 0.29) is 6.61 Å². The van der Waals surface area contributed by atoms with Crippen molar-refractivity contribution in [2.24, 2.45) is 0 Å². The van der Waals surface area contributed by atoms with E-state index in [2.05, 4.69) is 0 Å². The average Bonchev–Trinajstić information content (AvgIpc) is 2.46. The third-order valence-corrected chi connectivity index (χ3v) is 3.38. The van der Waals surface area contributed by atoms with Gasteiger partial charge in [-0.05, 0) is 12.5 Å². The van der Waals surface area contributed by atoms with Crippen molar-refractivity contribution in [2.45, 2.75) is 44.2 Å². The van der Waals surface area contributed by atoms with E-state index in [9.17, 15) is 15.3 Å². The molecule has 6 heteroatoms. The highest BCUT2D eigenvalue weighted by molar-refractivity contribution is 5.20. The number of aryl methyl sites for hydroxylation is 1. The quantitative estimate of drug-likeness (QED) is 0.584. The monoisotopic (exact) mass is 284 g/mol. The van der Waals surface area contributed by atoms with E-state index >= 15 is 0 Å². The van der Waals surface area contributed by atoms with Crippen molar-refractivity contribution in [1.82, 2.24) is 0 Å². The summed E-state index contributed by atoms with van der Waals surface area (Å²) in [5.74, 6) is 0. The molecule has 112 valence electrons. The lowest BCUT2D eigenvalue weighted by atomic mass is 9.99. The minimum absolute atomic E-state index is 0.197. The Kier molecular flexibility index (Phi) is 5.09. The Balaban J connectivity index is 1.95. The van der Waals surface area contributed by atoms with Gasteiger partial charge in [0.25, 0.3) is 0 Å². The second kappa shape index (κ2) is 6.62. The Morgan fingerprint density at radius 3 is 2.30 bits per heavy atom. The van der Waals surface area contributed by atoms with Crippen molar-refractivity contribution in [3.63, 3.8) is 0 Å². The molecule has 5 unspecified atom stereocenters. The van der Waals surface area contributed by atoms with Gasteiger partial charge in [0.15, 0.2) is 6.29 Å². The van der Waals surface area contributed by atoms with Crippen molar-refractivity contribution in [2.75, 3.05) is 6.61 Å². The van der Waals surface area contributed by atoms with Gasteiger partial charge in [-0.2, -0.15) is 0 Å². The summed E-state index contributed by atoms with van der Waals surface area (Å²) >= 11 is 0. The summed E-state index contributed by atoms with van der Waals surface area (Å²) in [6.45, 7) is 1.71. The molecule has 1 aromatic rings. The largest absolute Gasteiger partial charge is 0.394 e. The first-order valence-electron chi connectivity index (χ1n) is 6.50. The van der Waals surface area contributed by atoms with Crippen molar-refractivity contribution in [1.29, 1.82) is 0 Å². The summed E-state index contributed by atoms with van der Waals surface area (Å²) in [4.78, 5) is 0. The highest BCUT2D eigenvalue weighted by atomic mass is 16.7. The predicted molar refractivity (Wildman–Crippen MR) is 69.7 cm³/mol. The molecule has 0 aliphatic carbocycles. The maximum Gasteiger partial charge on any atom is 0.187 e. The number of hydrogen-bond donors (Lipinski definition) is 4. The molecule has 0 radical (unpaired) electrons. The van der Waals surface area contributed by atoms with E-state index in [4.69, 9.17) is 14.6 Å². The molecule has 1 saturated heterocycles. The van der Waals surface area contributed by atoms with Crippen LogP contribution in [-0.4, -0.2) is 57.7 Å². The Bertz CT molecular complexity index is 418. The van der Waals surface area contributed by atoms with Crippen LogP contribution in [-0.2, 0) is 16.1 Å². The summed E-state index contributed by atoms with van der Waals surface area (Å²) in [6.07, 6.45) is -6.18. The summed E-state index contributed by atoms with van der Waals surface area (Å²) in [5.41, 5.74) is 2.02.